The number of ether oxygens (including phenoxy) is 2. The number of anilines is 1. The molecule has 0 amide bonds. The molecule has 11 heteroatoms. The molecule has 0 radical (unpaired) electrons. The fourth-order valence-electron chi connectivity index (χ4n) is 5.72. The highest BCUT2D eigenvalue weighted by molar-refractivity contribution is 7.99. The van der Waals surface area contributed by atoms with Crippen LogP contribution in [-0.4, -0.2) is 92.2 Å². The van der Waals surface area contributed by atoms with Gasteiger partial charge in [0, 0.05) is 72.9 Å². The van der Waals surface area contributed by atoms with Gasteiger partial charge < -0.3 is 19.2 Å². The molecular formula is C27H34N4O5S2. The Morgan fingerprint density at radius 2 is 1.97 bits per heavy atom. The van der Waals surface area contributed by atoms with Crippen LogP contribution >= 0.6 is 11.8 Å². The Labute approximate surface area is 227 Å². The van der Waals surface area contributed by atoms with Crippen molar-refractivity contribution in [2.24, 2.45) is 0 Å². The van der Waals surface area contributed by atoms with Crippen LogP contribution in [0.3, 0.4) is 0 Å². The summed E-state index contributed by atoms with van der Waals surface area (Å²) in [6.45, 7) is 6.91. The second-order valence-electron chi connectivity index (χ2n) is 10.2. The summed E-state index contributed by atoms with van der Waals surface area (Å²) < 4.78 is 46.5. The van der Waals surface area contributed by atoms with Crippen LogP contribution in [0.15, 0.2) is 52.0 Å². The van der Waals surface area contributed by atoms with E-state index in [2.05, 4.69) is 15.2 Å². The van der Waals surface area contributed by atoms with E-state index in [0.717, 1.165) is 67.6 Å². The number of sulfonamides is 1. The predicted molar refractivity (Wildman–Crippen MR) is 148 cm³/mol. The first-order valence-electron chi connectivity index (χ1n) is 13.2. The average molecular weight is 559 g/mol. The van der Waals surface area contributed by atoms with E-state index in [1.807, 2.05) is 36.9 Å². The number of fused-ring (bicyclic) bond motifs is 1. The Balaban J connectivity index is 1.26. The summed E-state index contributed by atoms with van der Waals surface area (Å²) in [6.07, 6.45) is 4.11. The molecule has 0 spiro atoms. The average Bonchev–Trinajstić information content (AvgIpc) is 3.62. The van der Waals surface area contributed by atoms with E-state index in [4.69, 9.17) is 13.9 Å². The first-order chi connectivity index (χ1) is 18.5. The number of morpholine rings is 2. The lowest BCUT2D eigenvalue weighted by Crippen LogP contribution is -2.57. The molecule has 1 N–H and O–H groups in total. The molecule has 38 heavy (non-hydrogen) atoms. The van der Waals surface area contributed by atoms with E-state index in [-0.39, 0.29) is 17.0 Å². The molecule has 0 aliphatic carbocycles. The largest absolute Gasteiger partial charge is 0.464 e. The van der Waals surface area contributed by atoms with Crippen molar-refractivity contribution in [1.29, 1.82) is 0 Å². The van der Waals surface area contributed by atoms with Crippen molar-refractivity contribution < 1.29 is 22.3 Å². The molecule has 2 unspecified atom stereocenters. The molecular weight excluding hydrogens is 524 g/mol. The van der Waals surface area contributed by atoms with Gasteiger partial charge >= 0.3 is 0 Å². The first kappa shape index (κ1) is 26.1. The van der Waals surface area contributed by atoms with E-state index in [0.29, 0.717) is 24.3 Å². The lowest BCUT2D eigenvalue weighted by Gasteiger charge is -2.43. The normalized spacial score (nSPS) is 25.7. The number of nitrogens with one attached hydrogen (secondary N) is 1. The molecule has 204 valence electrons. The van der Waals surface area contributed by atoms with E-state index < -0.39 is 16.1 Å². The van der Waals surface area contributed by atoms with Gasteiger partial charge in [-0.2, -0.15) is 16.1 Å². The number of aromatic nitrogens is 1. The standard InChI is InChI=1S/C27H34N4O5S2/c1-20-2-4-24(36-20)25-17-31(11-14-35-25)38(32,33)26-5-3-23(22-16-28-8-6-21(22)26)29-18-27(7-15-37-19-27)30-9-12-34-13-10-30/h2-6,8,16,25,29H,7,9-15,17-19H2,1H3. The summed E-state index contributed by atoms with van der Waals surface area (Å²) in [7, 11) is -3.77. The molecule has 0 bridgehead atoms. The third-order valence-corrected chi connectivity index (χ3v) is 11.0. The molecule has 9 nitrogen and oxygen atoms in total. The zero-order valence-corrected chi connectivity index (χ0v) is 23.2. The highest BCUT2D eigenvalue weighted by Crippen LogP contribution is 2.37. The van der Waals surface area contributed by atoms with Gasteiger partial charge in [-0.1, -0.05) is 0 Å². The molecule has 6 rings (SSSR count). The van der Waals surface area contributed by atoms with Gasteiger partial charge in [-0.05, 0) is 49.4 Å². The summed E-state index contributed by atoms with van der Waals surface area (Å²) in [5.41, 5.74) is 0.975. The van der Waals surface area contributed by atoms with Crippen LogP contribution in [-0.2, 0) is 19.5 Å². The number of nitrogens with zero attached hydrogens (tertiary/aromatic N) is 3. The van der Waals surface area contributed by atoms with Gasteiger partial charge in [-0.15, -0.1) is 0 Å². The topological polar surface area (TPSA) is 97.1 Å². The summed E-state index contributed by atoms with van der Waals surface area (Å²) in [4.78, 5) is 7.19. The maximum Gasteiger partial charge on any atom is 0.243 e. The second kappa shape index (κ2) is 10.8. The quantitative estimate of drug-likeness (QED) is 0.467. The zero-order valence-electron chi connectivity index (χ0n) is 21.6. The van der Waals surface area contributed by atoms with E-state index >= 15 is 0 Å². The zero-order chi connectivity index (χ0) is 26.2. The molecule has 3 aliphatic heterocycles. The summed E-state index contributed by atoms with van der Waals surface area (Å²) in [6, 6.07) is 9.13. The van der Waals surface area contributed by atoms with Gasteiger partial charge in [0.2, 0.25) is 10.0 Å². The summed E-state index contributed by atoms with van der Waals surface area (Å²) in [5.74, 6) is 3.65. The maximum atomic E-state index is 13.9. The van der Waals surface area contributed by atoms with E-state index in [1.165, 1.54) is 4.31 Å². The van der Waals surface area contributed by atoms with Crippen molar-refractivity contribution in [3.8, 4) is 0 Å². The smallest absolute Gasteiger partial charge is 0.243 e. The number of furan rings is 1. The van der Waals surface area contributed by atoms with Gasteiger partial charge in [-0.3, -0.25) is 9.88 Å². The number of pyridine rings is 1. The highest BCUT2D eigenvalue weighted by Gasteiger charge is 2.41. The maximum absolute atomic E-state index is 13.9. The highest BCUT2D eigenvalue weighted by atomic mass is 32.2. The van der Waals surface area contributed by atoms with Crippen LogP contribution in [0.5, 0.6) is 0 Å². The molecule has 2 aromatic heterocycles. The van der Waals surface area contributed by atoms with Gasteiger partial charge in [-0.25, -0.2) is 8.42 Å². The Bertz CT molecular complexity index is 1380. The third kappa shape index (κ3) is 4.96. The van der Waals surface area contributed by atoms with Crippen molar-refractivity contribution in [2.75, 3.05) is 69.4 Å². The Morgan fingerprint density at radius 3 is 2.74 bits per heavy atom. The van der Waals surface area contributed by atoms with Gasteiger partial charge in [0.25, 0.3) is 0 Å². The predicted octanol–water partition coefficient (Wildman–Crippen LogP) is 3.52. The van der Waals surface area contributed by atoms with Crippen LogP contribution in [0.2, 0.25) is 0 Å². The molecule has 2 atom stereocenters. The fraction of sp³-hybridized carbons (Fsp3) is 0.519. The van der Waals surface area contributed by atoms with Gasteiger partial charge in [0.1, 0.15) is 17.6 Å². The van der Waals surface area contributed by atoms with Crippen molar-refractivity contribution in [3.05, 3.63) is 54.2 Å². The van der Waals surface area contributed by atoms with Crippen LogP contribution in [0.4, 0.5) is 5.69 Å². The monoisotopic (exact) mass is 558 g/mol. The van der Waals surface area contributed by atoms with Crippen molar-refractivity contribution >= 4 is 38.2 Å². The number of aryl methyl sites for hydroxylation is 1. The lowest BCUT2D eigenvalue weighted by molar-refractivity contribution is -0.0145. The summed E-state index contributed by atoms with van der Waals surface area (Å²) >= 11 is 2.00. The van der Waals surface area contributed by atoms with Crippen LogP contribution in [0.25, 0.3) is 10.8 Å². The molecule has 0 saturated carbocycles. The molecule has 3 aliphatic rings. The van der Waals surface area contributed by atoms with Crippen molar-refractivity contribution in [2.45, 2.75) is 29.9 Å². The number of hydrogen-bond acceptors (Lipinski definition) is 9. The summed E-state index contributed by atoms with van der Waals surface area (Å²) in [5, 5.41) is 5.16. The number of rotatable bonds is 7. The molecule has 3 saturated heterocycles. The number of benzene rings is 1. The Kier molecular flexibility index (Phi) is 7.41. The molecule has 1 aromatic carbocycles. The van der Waals surface area contributed by atoms with Crippen LogP contribution in [0, 0.1) is 6.92 Å². The molecule has 3 fully saturated rings. The van der Waals surface area contributed by atoms with E-state index in [1.54, 1.807) is 24.5 Å². The number of thioether (sulfide) groups is 1. The minimum Gasteiger partial charge on any atom is -0.464 e. The fourth-order valence-corrected chi connectivity index (χ4v) is 8.82. The van der Waals surface area contributed by atoms with Crippen molar-refractivity contribution in [3.63, 3.8) is 0 Å². The first-order valence-corrected chi connectivity index (χ1v) is 15.8. The van der Waals surface area contributed by atoms with Gasteiger partial charge in [0.15, 0.2) is 0 Å². The van der Waals surface area contributed by atoms with Crippen LogP contribution < -0.4 is 5.32 Å². The molecule has 5 heterocycles. The SMILES string of the molecule is Cc1ccc(C2CN(S(=O)(=O)c3ccc(NCC4(N5CCOCC5)CCSC4)c4cnccc34)CCO2)o1. The Morgan fingerprint density at radius 1 is 1.11 bits per heavy atom. The van der Waals surface area contributed by atoms with Crippen molar-refractivity contribution in [1.82, 2.24) is 14.2 Å². The van der Waals surface area contributed by atoms with Gasteiger partial charge in [0.05, 0.1) is 24.7 Å². The number of hydrogen-bond donors (Lipinski definition) is 1. The minimum atomic E-state index is -3.77. The van der Waals surface area contributed by atoms with Crippen LogP contribution in [0.1, 0.15) is 24.0 Å². The van der Waals surface area contributed by atoms with E-state index in [9.17, 15) is 8.42 Å². The lowest BCUT2D eigenvalue weighted by atomic mass is 9.95. The third-order valence-electron chi connectivity index (χ3n) is 7.88. The minimum absolute atomic E-state index is 0.0702. The molecule has 3 aromatic rings. The second-order valence-corrected chi connectivity index (χ2v) is 13.2. The Hall–Kier alpha value is -2.15.